The van der Waals surface area contributed by atoms with E-state index in [2.05, 4.69) is 10.2 Å². The summed E-state index contributed by atoms with van der Waals surface area (Å²) >= 11 is 0. The molecule has 2 bridgehead atoms. The van der Waals surface area contributed by atoms with E-state index in [0.717, 1.165) is 23.8 Å². The average molecular weight is 276 g/mol. The number of aliphatic hydroxyl groups excluding tert-OH is 1. The van der Waals surface area contributed by atoms with Crippen LogP contribution < -0.4 is 10.1 Å². The Morgan fingerprint density at radius 2 is 2.00 bits per heavy atom. The van der Waals surface area contributed by atoms with Crippen LogP contribution in [-0.4, -0.2) is 49.3 Å². The maximum atomic E-state index is 10.3. The van der Waals surface area contributed by atoms with Crippen molar-refractivity contribution in [1.82, 2.24) is 10.2 Å². The molecule has 0 saturated carbocycles. The Kier molecular flexibility index (Phi) is 4.24. The highest BCUT2D eigenvalue weighted by molar-refractivity contribution is 5.28. The van der Waals surface area contributed by atoms with Crippen molar-refractivity contribution < 1.29 is 9.84 Å². The van der Waals surface area contributed by atoms with Gasteiger partial charge in [0, 0.05) is 19.1 Å². The highest BCUT2D eigenvalue weighted by atomic mass is 16.5. The van der Waals surface area contributed by atoms with Crippen molar-refractivity contribution >= 4 is 0 Å². The van der Waals surface area contributed by atoms with E-state index in [9.17, 15) is 5.11 Å². The van der Waals surface area contributed by atoms with Crippen LogP contribution in [0.1, 0.15) is 24.5 Å². The second-order valence-corrected chi connectivity index (χ2v) is 5.94. The summed E-state index contributed by atoms with van der Waals surface area (Å²) in [5, 5.41) is 13.8. The molecule has 4 heteroatoms. The van der Waals surface area contributed by atoms with E-state index < -0.39 is 6.10 Å². The Balaban J connectivity index is 1.52. The quantitative estimate of drug-likeness (QED) is 0.853. The minimum atomic E-state index is -0.448. The zero-order valence-corrected chi connectivity index (χ0v) is 12.1. The number of methoxy groups -OCH3 is 1. The normalized spacial score (nSPS) is 30.2. The van der Waals surface area contributed by atoms with Crippen molar-refractivity contribution in [1.29, 1.82) is 0 Å². The first-order chi connectivity index (χ1) is 9.76. The fraction of sp³-hybridized carbons (Fsp3) is 0.625. The first-order valence-corrected chi connectivity index (χ1v) is 7.54. The predicted octanol–water partition coefficient (Wildman–Crippen LogP) is 1.41. The average Bonchev–Trinajstić information content (AvgIpc) is 2.54. The molecule has 0 radical (unpaired) electrons. The Labute approximate surface area is 120 Å². The molecule has 1 aromatic carbocycles. The number of hydrogen-bond donors (Lipinski definition) is 2. The first-order valence-electron chi connectivity index (χ1n) is 7.54. The van der Waals surface area contributed by atoms with Gasteiger partial charge in [0.15, 0.2) is 0 Å². The monoisotopic (exact) mass is 276 g/mol. The summed E-state index contributed by atoms with van der Waals surface area (Å²) in [5.41, 5.74) is 0.944. The molecule has 3 aliphatic rings. The van der Waals surface area contributed by atoms with Crippen LogP contribution in [0.25, 0.3) is 0 Å². The van der Waals surface area contributed by atoms with Crippen molar-refractivity contribution in [2.75, 3.05) is 33.3 Å². The summed E-state index contributed by atoms with van der Waals surface area (Å²) in [6.07, 6.45) is 2.16. The SMILES string of the molecule is COc1ccc(C(O)CNC2CN3CCC2CC3)cc1. The standard InChI is InChI=1S/C16H24N2O2/c1-20-14-4-2-13(3-5-14)16(19)10-17-15-11-18-8-6-12(15)7-9-18/h2-5,12,15-17,19H,6-11H2,1H3. The molecule has 3 aliphatic heterocycles. The number of ether oxygens (including phenoxy) is 1. The highest BCUT2D eigenvalue weighted by Gasteiger charge is 2.33. The van der Waals surface area contributed by atoms with Crippen LogP contribution in [0.3, 0.4) is 0 Å². The van der Waals surface area contributed by atoms with E-state index in [0.29, 0.717) is 12.6 Å². The van der Waals surface area contributed by atoms with Crippen LogP contribution in [0.5, 0.6) is 5.75 Å². The molecule has 110 valence electrons. The van der Waals surface area contributed by atoms with Gasteiger partial charge in [-0.1, -0.05) is 12.1 Å². The van der Waals surface area contributed by atoms with E-state index in [1.807, 2.05) is 24.3 Å². The zero-order valence-electron chi connectivity index (χ0n) is 12.1. The lowest BCUT2D eigenvalue weighted by Crippen LogP contribution is -2.56. The number of nitrogens with one attached hydrogen (secondary N) is 1. The maximum Gasteiger partial charge on any atom is 0.118 e. The fourth-order valence-corrected chi connectivity index (χ4v) is 3.40. The number of rotatable bonds is 5. The molecule has 3 heterocycles. The lowest BCUT2D eigenvalue weighted by molar-refractivity contribution is 0.0635. The van der Waals surface area contributed by atoms with Gasteiger partial charge in [-0.3, -0.25) is 0 Å². The van der Waals surface area contributed by atoms with Gasteiger partial charge in [-0.2, -0.15) is 0 Å². The molecule has 1 aromatic rings. The number of aliphatic hydroxyl groups is 1. The van der Waals surface area contributed by atoms with Crippen LogP contribution in [0.15, 0.2) is 24.3 Å². The second kappa shape index (κ2) is 6.12. The third kappa shape index (κ3) is 2.97. The molecule has 3 saturated heterocycles. The molecule has 2 atom stereocenters. The van der Waals surface area contributed by atoms with Crippen molar-refractivity contribution in [3.8, 4) is 5.75 Å². The van der Waals surface area contributed by atoms with Crippen molar-refractivity contribution in [2.45, 2.75) is 25.0 Å². The first kappa shape index (κ1) is 13.9. The summed E-state index contributed by atoms with van der Waals surface area (Å²) in [6, 6.07) is 8.20. The summed E-state index contributed by atoms with van der Waals surface area (Å²) in [5.74, 6) is 1.62. The molecule has 2 N–H and O–H groups in total. The number of benzene rings is 1. The van der Waals surface area contributed by atoms with Gasteiger partial charge in [0.1, 0.15) is 5.75 Å². The lowest BCUT2D eigenvalue weighted by Gasteiger charge is -2.45. The zero-order chi connectivity index (χ0) is 13.9. The molecule has 4 rings (SSSR count). The summed E-state index contributed by atoms with van der Waals surface area (Å²) in [6.45, 7) is 4.27. The molecule has 20 heavy (non-hydrogen) atoms. The Morgan fingerprint density at radius 3 is 2.55 bits per heavy atom. The Hall–Kier alpha value is -1.10. The van der Waals surface area contributed by atoms with Gasteiger partial charge in [0.25, 0.3) is 0 Å². The maximum absolute atomic E-state index is 10.3. The molecule has 0 amide bonds. The van der Waals surface area contributed by atoms with Crippen molar-refractivity contribution in [3.05, 3.63) is 29.8 Å². The summed E-state index contributed by atoms with van der Waals surface area (Å²) < 4.78 is 5.13. The van der Waals surface area contributed by atoms with Crippen LogP contribution >= 0.6 is 0 Å². The van der Waals surface area contributed by atoms with Crippen LogP contribution in [0.2, 0.25) is 0 Å². The Morgan fingerprint density at radius 1 is 1.30 bits per heavy atom. The van der Waals surface area contributed by atoms with E-state index in [-0.39, 0.29) is 0 Å². The molecule has 3 fully saturated rings. The molecule has 4 nitrogen and oxygen atoms in total. The van der Waals surface area contributed by atoms with E-state index in [1.165, 1.54) is 25.9 Å². The van der Waals surface area contributed by atoms with Gasteiger partial charge < -0.3 is 20.1 Å². The van der Waals surface area contributed by atoms with Crippen molar-refractivity contribution in [2.24, 2.45) is 5.92 Å². The van der Waals surface area contributed by atoms with E-state index >= 15 is 0 Å². The molecular weight excluding hydrogens is 252 g/mol. The number of hydrogen-bond acceptors (Lipinski definition) is 4. The third-order valence-corrected chi connectivity index (χ3v) is 4.73. The highest BCUT2D eigenvalue weighted by Crippen LogP contribution is 2.27. The molecule has 0 aliphatic carbocycles. The summed E-state index contributed by atoms with van der Waals surface area (Å²) in [4.78, 5) is 2.53. The smallest absolute Gasteiger partial charge is 0.118 e. The van der Waals surface area contributed by atoms with E-state index in [4.69, 9.17) is 4.74 Å². The van der Waals surface area contributed by atoms with Gasteiger partial charge in [0.05, 0.1) is 13.2 Å². The van der Waals surface area contributed by atoms with Gasteiger partial charge in [-0.15, -0.1) is 0 Å². The summed E-state index contributed by atoms with van der Waals surface area (Å²) in [7, 11) is 1.65. The third-order valence-electron chi connectivity index (χ3n) is 4.73. The minimum Gasteiger partial charge on any atom is -0.497 e. The molecule has 2 unspecified atom stereocenters. The number of nitrogens with zero attached hydrogens (tertiary/aromatic N) is 1. The topological polar surface area (TPSA) is 44.7 Å². The Bertz CT molecular complexity index is 427. The second-order valence-electron chi connectivity index (χ2n) is 5.94. The lowest BCUT2D eigenvalue weighted by atomic mass is 9.84. The largest absolute Gasteiger partial charge is 0.497 e. The van der Waals surface area contributed by atoms with Gasteiger partial charge in [-0.25, -0.2) is 0 Å². The van der Waals surface area contributed by atoms with Gasteiger partial charge in [-0.05, 0) is 49.5 Å². The fourth-order valence-electron chi connectivity index (χ4n) is 3.40. The van der Waals surface area contributed by atoms with Gasteiger partial charge in [0.2, 0.25) is 0 Å². The van der Waals surface area contributed by atoms with Crippen LogP contribution in [0.4, 0.5) is 0 Å². The van der Waals surface area contributed by atoms with Crippen LogP contribution in [0, 0.1) is 5.92 Å². The van der Waals surface area contributed by atoms with E-state index in [1.54, 1.807) is 7.11 Å². The predicted molar refractivity (Wildman–Crippen MR) is 78.9 cm³/mol. The number of fused-ring (bicyclic) bond motifs is 3. The molecular formula is C16H24N2O2. The number of piperidine rings is 3. The molecule has 0 spiro atoms. The van der Waals surface area contributed by atoms with Crippen molar-refractivity contribution in [3.63, 3.8) is 0 Å². The molecule has 0 aromatic heterocycles. The minimum absolute atomic E-state index is 0.448. The van der Waals surface area contributed by atoms with Crippen LogP contribution in [-0.2, 0) is 0 Å². The van der Waals surface area contributed by atoms with Gasteiger partial charge >= 0.3 is 0 Å².